The van der Waals surface area contributed by atoms with Gasteiger partial charge in [0.2, 0.25) is 5.56 Å². The van der Waals surface area contributed by atoms with E-state index in [-0.39, 0.29) is 38.3 Å². The smallest absolute Gasteiger partial charge is 0.207 e. The molecule has 0 N–H and O–H groups in total. The van der Waals surface area contributed by atoms with Crippen molar-refractivity contribution >= 4 is 45.8 Å². The van der Waals surface area contributed by atoms with Gasteiger partial charge >= 0.3 is 0 Å². The van der Waals surface area contributed by atoms with Crippen LogP contribution >= 0.6 is 45.8 Å². The molecule has 0 saturated carbocycles. The van der Waals surface area contributed by atoms with E-state index in [1.54, 1.807) is 31.3 Å². The Morgan fingerprint density at radius 2 is 2.00 bits per heavy atom. The standard InChI is InChI=1S/C12H7Cl2INO.Y/c1-16-11(5-4-10(15)12(16)17)8-3-2-7(13)6-9(8)14;/h2-4,6H,1H3;/q-1;. The largest absolute Gasteiger partial charge is 0.344 e. The third kappa shape index (κ3) is 3.37. The summed E-state index contributed by atoms with van der Waals surface area (Å²) >= 11 is 13.9. The molecule has 0 spiro atoms. The summed E-state index contributed by atoms with van der Waals surface area (Å²) in [6.07, 6.45) is 0. The van der Waals surface area contributed by atoms with Crippen LogP contribution in [-0.4, -0.2) is 4.57 Å². The van der Waals surface area contributed by atoms with Crippen LogP contribution in [0.3, 0.4) is 0 Å². The van der Waals surface area contributed by atoms with E-state index >= 15 is 0 Å². The molecule has 1 heterocycles. The van der Waals surface area contributed by atoms with Gasteiger partial charge in [0.25, 0.3) is 0 Å². The molecule has 1 aromatic heterocycles. The summed E-state index contributed by atoms with van der Waals surface area (Å²) in [7, 11) is 1.70. The van der Waals surface area contributed by atoms with E-state index in [2.05, 4.69) is 6.07 Å². The molecule has 1 aromatic carbocycles. The number of aromatic nitrogens is 1. The molecule has 1 radical (unpaired) electrons. The van der Waals surface area contributed by atoms with Gasteiger partial charge in [-0.1, -0.05) is 40.5 Å². The Labute approximate surface area is 154 Å². The summed E-state index contributed by atoms with van der Waals surface area (Å²) < 4.78 is 2.15. The number of hydrogen-bond acceptors (Lipinski definition) is 1. The fourth-order valence-electron chi connectivity index (χ4n) is 1.49. The maximum Gasteiger partial charge on any atom is 0.207 e. The molecule has 2 aromatic rings. The Bertz CT molecular complexity index is 642. The summed E-state index contributed by atoms with van der Waals surface area (Å²) in [6.45, 7) is 0. The normalized spacial score (nSPS) is 10.0. The van der Waals surface area contributed by atoms with Gasteiger partial charge in [-0.2, -0.15) is 12.1 Å². The van der Waals surface area contributed by atoms with Crippen LogP contribution in [0.5, 0.6) is 0 Å². The van der Waals surface area contributed by atoms with Crippen LogP contribution in [0, 0.1) is 9.64 Å². The molecule has 0 aliphatic carbocycles. The summed E-state index contributed by atoms with van der Waals surface area (Å²) in [5.74, 6) is 0. The van der Waals surface area contributed by atoms with Crippen molar-refractivity contribution in [2.24, 2.45) is 7.05 Å². The molecule has 2 nitrogen and oxygen atoms in total. The number of pyridine rings is 1. The van der Waals surface area contributed by atoms with Crippen molar-refractivity contribution in [3.63, 3.8) is 0 Å². The first-order chi connectivity index (χ1) is 8.00. The maximum absolute atomic E-state index is 11.8. The number of rotatable bonds is 1. The van der Waals surface area contributed by atoms with Crippen molar-refractivity contribution in [2.45, 2.75) is 0 Å². The van der Waals surface area contributed by atoms with E-state index in [1.165, 1.54) is 4.57 Å². The number of hydrogen-bond donors (Lipinski definition) is 0. The number of nitrogens with zero attached hydrogens (tertiary/aromatic N) is 1. The fraction of sp³-hybridized carbons (Fsp3) is 0.0833. The van der Waals surface area contributed by atoms with E-state index in [0.29, 0.717) is 19.3 Å². The molecule has 0 bridgehead atoms. The van der Waals surface area contributed by atoms with Gasteiger partial charge in [0.15, 0.2) is 0 Å². The zero-order chi connectivity index (χ0) is 12.6. The summed E-state index contributed by atoms with van der Waals surface area (Å²) in [6, 6.07) is 9.87. The second-order valence-electron chi connectivity index (χ2n) is 3.47. The Morgan fingerprint density at radius 1 is 1.33 bits per heavy atom. The molecule has 0 fully saturated rings. The number of halogens is 3. The van der Waals surface area contributed by atoms with Crippen molar-refractivity contribution in [3.8, 4) is 11.3 Å². The Kier molecular flexibility index (Phi) is 6.33. The van der Waals surface area contributed by atoms with Crippen molar-refractivity contribution < 1.29 is 32.7 Å². The molecule has 0 atom stereocenters. The van der Waals surface area contributed by atoms with E-state index < -0.39 is 0 Å². The van der Waals surface area contributed by atoms with Gasteiger partial charge in [-0.05, 0) is 14.7 Å². The quantitative estimate of drug-likeness (QED) is 0.462. The predicted molar refractivity (Wildman–Crippen MR) is 78.7 cm³/mol. The SMILES string of the molecule is Cn1c(-c2ccc(Cl)cc2Cl)[c-]cc(I)c1=O.[Y]. The van der Waals surface area contributed by atoms with Gasteiger partial charge in [-0.15, -0.1) is 28.7 Å². The fourth-order valence-corrected chi connectivity index (χ4v) is 2.51. The molecule has 2 rings (SSSR count). The molecule has 91 valence electrons. The maximum atomic E-state index is 11.8. The first-order valence-corrected chi connectivity index (χ1v) is 6.57. The van der Waals surface area contributed by atoms with Crippen LogP contribution in [0.2, 0.25) is 10.0 Å². The van der Waals surface area contributed by atoms with Crippen LogP contribution in [0.15, 0.2) is 29.1 Å². The summed E-state index contributed by atoms with van der Waals surface area (Å²) in [4.78, 5) is 11.8. The zero-order valence-corrected chi connectivity index (χ0v) is 15.9. The summed E-state index contributed by atoms with van der Waals surface area (Å²) in [5, 5.41) is 1.07. The van der Waals surface area contributed by atoms with Crippen LogP contribution in [0.1, 0.15) is 0 Å². The summed E-state index contributed by atoms with van der Waals surface area (Å²) in [5.41, 5.74) is 1.33. The average molecular weight is 468 g/mol. The molecule has 6 heteroatoms. The van der Waals surface area contributed by atoms with Gasteiger partial charge < -0.3 is 4.57 Å². The van der Waals surface area contributed by atoms with Gasteiger partial charge in [0, 0.05) is 44.8 Å². The minimum absolute atomic E-state index is 0. The first-order valence-electron chi connectivity index (χ1n) is 4.73. The van der Waals surface area contributed by atoms with Crippen LogP contribution in [0.4, 0.5) is 0 Å². The third-order valence-corrected chi connectivity index (χ3v) is 3.69. The first kappa shape index (κ1) is 16.6. The van der Waals surface area contributed by atoms with Crippen LogP contribution in [-0.2, 0) is 39.8 Å². The van der Waals surface area contributed by atoms with Crippen LogP contribution < -0.4 is 5.56 Å². The molecule has 0 saturated heterocycles. The molecule has 0 aliphatic rings. The van der Waals surface area contributed by atoms with Gasteiger partial charge in [-0.3, -0.25) is 4.79 Å². The Morgan fingerprint density at radius 3 is 2.61 bits per heavy atom. The van der Waals surface area contributed by atoms with Crippen molar-refractivity contribution in [3.05, 3.63) is 54.3 Å². The Balaban J connectivity index is 0.00000162. The van der Waals surface area contributed by atoms with Crippen molar-refractivity contribution in [1.29, 1.82) is 0 Å². The minimum Gasteiger partial charge on any atom is -0.344 e. The van der Waals surface area contributed by atoms with E-state index in [0.717, 1.165) is 5.56 Å². The van der Waals surface area contributed by atoms with Crippen LogP contribution in [0.25, 0.3) is 11.3 Å². The van der Waals surface area contributed by atoms with Crippen molar-refractivity contribution in [2.75, 3.05) is 0 Å². The topological polar surface area (TPSA) is 22.0 Å². The molecule has 0 unspecified atom stereocenters. The van der Waals surface area contributed by atoms with Gasteiger partial charge in [0.05, 0.1) is 0 Å². The molecule has 0 amide bonds. The monoisotopic (exact) mass is 467 g/mol. The molecule has 18 heavy (non-hydrogen) atoms. The molecule has 0 aliphatic heterocycles. The van der Waals surface area contributed by atoms with E-state index in [9.17, 15) is 4.79 Å². The third-order valence-electron chi connectivity index (χ3n) is 2.37. The number of benzene rings is 1. The minimum atomic E-state index is -0.0645. The van der Waals surface area contributed by atoms with Crippen molar-refractivity contribution in [1.82, 2.24) is 4.57 Å². The predicted octanol–water partition coefficient (Wildman–Crippen LogP) is 3.76. The average Bonchev–Trinajstić information content (AvgIpc) is 2.28. The zero-order valence-electron chi connectivity index (χ0n) is 9.38. The molecular weight excluding hydrogens is 461 g/mol. The Hall–Kier alpha value is 0.584. The second-order valence-corrected chi connectivity index (χ2v) is 5.48. The van der Waals surface area contributed by atoms with E-state index in [4.69, 9.17) is 23.2 Å². The van der Waals surface area contributed by atoms with Gasteiger partial charge in [0.1, 0.15) is 0 Å². The molecular formula is C12H7Cl2INOY-. The second kappa shape index (κ2) is 6.84. The van der Waals surface area contributed by atoms with E-state index in [1.807, 2.05) is 22.6 Å². The van der Waals surface area contributed by atoms with Gasteiger partial charge in [-0.25, -0.2) is 0 Å².